The van der Waals surface area contributed by atoms with Crippen LogP contribution in [0.25, 0.3) is 0 Å². The zero-order chi connectivity index (χ0) is 11.3. The molecule has 1 aliphatic rings. The third-order valence-corrected chi connectivity index (χ3v) is 3.08. The average Bonchev–Trinajstić information content (AvgIpc) is 2.27. The summed E-state index contributed by atoms with van der Waals surface area (Å²) >= 11 is 0. The number of rotatable bonds is 4. The van der Waals surface area contributed by atoms with Gasteiger partial charge < -0.3 is 4.74 Å². The standard InChI is InChI=1S/C13H20O2/c1-4-13(5-2,15-11(3)14)12-9-7-6-8-10-12/h6-7,9H,4-5,8,10H2,1-3H3. The molecule has 2 heteroatoms. The maximum atomic E-state index is 11.2. The van der Waals surface area contributed by atoms with Crippen molar-refractivity contribution in [3.63, 3.8) is 0 Å². The van der Waals surface area contributed by atoms with Gasteiger partial charge in [0.2, 0.25) is 0 Å². The first kappa shape index (κ1) is 12.0. The van der Waals surface area contributed by atoms with E-state index < -0.39 is 0 Å². The molecule has 84 valence electrons. The van der Waals surface area contributed by atoms with Crippen molar-refractivity contribution in [2.45, 2.75) is 52.1 Å². The number of hydrogen-bond acceptors (Lipinski definition) is 2. The van der Waals surface area contributed by atoms with Gasteiger partial charge in [-0.1, -0.05) is 32.1 Å². The maximum absolute atomic E-state index is 11.2. The summed E-state index contributed by atoms with van der Waals surface area (Å²) < 4.78 is 5.53. The monoisotopic (exact) mass is 208 g/mol. The van der Waals surface area contributed by atoms with Crippen molar-refractivity contribution in [1.29, 1.82) is 0 Å². The average molecular weight is 208 g/mol. The van der Waals surface area contributed by atoms with Crippen LogP contribution in [0.3, 0.4) is 0 Å². The fourth-order valence-corrected chi connectivity index (χ4v) is 2.17. The Kier molecular flexibility index (Phi) is 4.13. The van der Waals surface area contributed by atoms with E-state index in [1.165, 1.54) is 12.5 Å². The van der Waals surface area contributed by atoms with Gasteiger partial charge in [-0.15, -0.1) is 0 Å². The van der Waals surface area contributed by atoms with Crippen LogP contribution in [0.1, 0.15) is 46.5 Å². The predicted molar refractivity (Wildman–Crippen MR) is 61.5 cm³/mol. The van der Waals surface area contributed by atoms with Gasteiger partial charge in [0.1, 0.15) is 5.60 Å². The van der Waals surface area contributed by atoms with Crippen molar-refractivity contribution < 1.29 is 9.53 Å². The lowest BCUT2D eigenvalue weighted by molar-refractivity contribution is -0.154. The van der Waals surface area contributed by atoms with Crippen LogP contribution in [0, 0.1) is 0 Å². The van der Waals surface area contributed by atoms with Gasteiger partial charge in [-0.2, -0.15) is 0 Å². The van der Waals surface area contributed by atoms with Crippen molar-refractivity contribution >= 4 is 5.97 Å². The predicted octanol–water partition coefficient (Wildman–Crippen LogP) is 3.38. The maximum Gasteiger partial charge on any atom is 0.303 e. The molecule has 1 rings (SSSR count). The van der Waals surface area contributed by atoms with E-state index in [2.05, 4.69) is 32.1 Å². The molecular formula is C13H20O2. The second kappa shape index (κ2) is 5.15. The van der Waals surface area contributed by atoms with E-state index in [1.54, 1.807) is 0 Å². The van der Waals surface area contributed by atoms with Crippen LogP contribution in [-0.4, -0.2) is 11.6 Å². The van der Waals surface area contributed by atoms with Crippen molar-refractivity contribution in [3.8, 4) is 0 Å². The van der Waals surface area contributed by atoms with Crippen LogP contribution < -0.4 is 0 Å². The molecule has 0 fully saturated rings. The molecule has 0 aromatic heterocycles. The Bertz CT molecular complexity index is 283. The fourth-order valence-electron chi connectivity index (χ4n) is 2.17. The van der Waals surface area contributed by atoms with E-state index in [4.69, 9.17) is 4.74 Å². The number of carbonyl (C=O) groups is 1. The smallest absolute Gasteiger partial charge is 0.303 e. The minimum Gasteiger partial charge on any atom is -0.455 e. The van der Waals surface area contributed by atoms with E-state index in [1.807, 2.05) is 0 Å². The summed E-state index contributed by atoms with van der Waals surface area (Å²) in [5, 5.41) is 0. The van der Waals surface area contributed by atoms with E-state index in [0.29, 0.717) is 0 Å². The van der Waals surface area contributed by atoms with Crippen LogP contribution in [-0.2, 0) is 9.53 Å². The van der Waals surface area contributed by atoms with Crippen LogP contribution in [0.5, 0.6) is 0 Å². The summed E-state index contributed by atoms with van der Waals surface area (Å²) in [5.74, 6) is -0.186. The summed E-state index contributed by atoms with van der Waals surface area (Å²) in [6.07, 6.45) is 10.1. The Morgan fingerprint density at radius 1 is 1.47 bits per heavy atom. The third-order valence-electron chi connectivity index (χ3n) is 3.08. The molecule has 0 atom stereocenters. The summed E-state index contributed by atoms with van der Waals surface area (Å²) in [5.41, 5.74) is 0.890. The summed E-state index contributed by atoms with van der Waals surface area (Å²) in [4.78, 5) is 11.2. The highest BCUT2D eigenvalue weighted by Gasteiger charge is 2.33. The molecule has 0 heterocycles. The molecule has 0 radical (unpaired) electrons. The molecule has 0 unspecified atom stereocenters. The van der Waals surface area contributed by atoms with Gasteiger partial charge in [-0.3, -0.25) is 4.79 Å². The van der Waals surface area contributed by atoms with Gasteiger partial charge in [0.05, 0.1) is 0 Å². The first-order chi connectivity index (χ1) is 7.14. The lowest BCUT2D eigenvalue weighted by Gasteiger charge is -2.34. The number of esters is 1. The molecule has 0 saturated carbocycles. The number of ether oxygens (including phenoxy) is 1. The minimum atomic E-state index is -0.364. The molecule has 0 N–H and O–H groups in total. The van der Waals surface area contributed by atoms with E-state index >= 15 is 0 Å². The molecule has 0 aliphatic heterocycles. The van der Waals surface area contributed by atoms with E-state index in [0.717, 1.165) is 25.7 Å². The van der Waals surface area contributed by atoms with Gasteiger partial charge in [-0.05, 0) is 31.3 Å². The van der Waals surface area contributed by atoms with Crippen LogP contribution in [0.15, 0.2) is 23.8 Å². The van der Waals surface area contributed by atoms with Crippen LogP contribution in [0.4, 0.5) is 0 Å². The van der Waals surface area contributed by atoms with Crippen molar-refractivity contribution in [2.75, 3.05) is 0 Å². The van der Waals surface area contributed by atoms with E-state index in [9.17, 15) is 4.79 Å². The Labute approximate surface area is 92.0 Å². The van der Waals surface area contributed by atoms with Crippen LogP contribution in [0.2, 0.25) is 0 Å². The van der Waals surface area contributed by atoms with Gasteiger partial charge in [-0.25, -0.2) is 0 Å². The molecule has 0 aromatic rings. The summed E-state index contributed by atoms with van der Waals surface area (Å²) in [6, 6.07) is 0. The second-order valence-electron chi connectivity index (χ2n) is 3.95. The molecule has 0 spiro atoms. The molecule has 15 heavy (non-hydrogen) atoms. The first-order valence-corrected chi connectivity index (χ1v) is 5.70. The van der Waals surface area contributed by atoms with Gasteiger partial charge >= 0.3 is 5.97 Å². The molecule has 2 nitrogen and oxygen atoms in total. The summed E-state index contributed by atoms with van der Waals surface area (Å²) in [7, 11) is 0. The lowest BCUT2D eigenvalue weighted by atomic mass is 9.83. The molecule has 0 saturated heterocycles. The second-order valence-corrected chi connectivity index (χ2v) is 3.95. The highest BCUT2D eigenvalue weighted by molar-refractivity contribution is 5.67. The fraction of sp³-hybridized carbons (Fsp3) is 0.615. The Hall–Kier alpha value is -1.05. The SMILES string of the molecule is CCC(CC)(OC(C)=O)C1=CC=CCC1. The lowest BCUT2D eigenvalue weighted by Crippen LogP contribution is -2.35. The molecular weight excluding hydrogens is 188 g/mol. The topological polar surface area (TPSA) is 26.3 Å². The zero-order valence-electron chi connectivity index (χ0n) is 9.88. The van der Waals surface area contributed by atoms with Gasteiger partial charge in [0.25, 0.3) is 0 Å². The van der Waals surface area contributed by atoms with Crippen molar-refractivity contribution in [2.24, 2.45) is 0 Å². The molecule has 1 aliphatic carbocycles. The third kappa shape index (κ3) is 2.71. The number of hydrogen-bond donors (Lipinski definition) is 0. The Morgan fingerprint density at radius 3 is 2.53 bits per heavy atom. The molecule has 0 amide bonds. The summed E-state index contributed by atoms with van der Waals surface area (Å²) in [6.45, 7) is 5.64. The number of allylic oxidation sites excluding steroid dienone is 3. The Morgan fingerprint density at radius 2 is 2.13 bits per heavy atom. The van der Waals surface area contributed by atoms with Crippen molar-refractivity contribution in [1.82, 2.24) is 0 Å². The largest absolute Gasteiger partial charge is 0.455 e. The van der Waals surface area contributed by atoms with Crippen LogP contribution >= 0.6 is 0 Å². The highest BCUT2D eigenvalue weighted by atomic mass is 16.6. The minimum absolute atomic E-state index is 0.186. The first-order valence-electron chi connectivity index (χ1n) is 5.70. The Balaban J connectivity index is 2.92. The normalized spacial score (nSPS) is 16.1. The zero-order valence-corrected chi connectivity index (χ0v) is 9.88. The van der Waals surface area contributed by atoms with Gasteiger partial charge in [0, 0.05) is 6.92 Å². The van der Waals surface area contributed by atoms with E-state index in [-0.39, 0.29) is 11.6 Å². The molecule has 0 bridgehead atoms. The quantitative estimate of drug-likeness (QED) is 0.662. The van der Waals surface area contributed by atoms with Gasteiger partial charge in [0.15, 0.2) is 0 Å². The number of carbonyl (C=O) groups excluding carboxylic acids is 1. The highest BCUT2D eigenvalue weighted by Crippen LogP contribution is 2.34. The van der Waals surface area contributed by atoms with Crippen molar-refractivity contribution in [3.05, 3.63) is 23.8 Å². The molecule has 0 aromatic carbocycles.